The van der Waals surface area contributed by atoms with Gasteiger partial charge < -0.3 is 10.2 Å². The Morgan fingerprint density at radius 3 is 2.89 bits per heavy atom. The molecule has 1 aromatic rings. The van der Waals surface area contributed by atoms with Crippen LogP contribution in [0, 0.1) is 0 Å². The third-order valence-corrected chi connectivity index (χ3v) is 3.70. The van der Waals surface area contributed by atoms with Crippen LogP contribution < -0.4 is 10.4 Å². The average Bonchev–Trinajstić information content (AvgIpc) is 3.02. The number of hydrazine groups is 1. The van der Waals surface area contributed by atoms with Crippen molar-refractivity contribution in [2.24, 2.45) is 0 Å². The maximum absolute atomic E-state index is 5.71. The molecule has 0 saturated carbocycles. The molecule has 1 saturated heterocycles. The summed E-state index contributed by atoms with van der Waals surface area (Å²) in [7, 11) is 0. The van der Waals surface area contributed by atoms with E-state index in [0.29, 0.717) is 6.10 Å². The van der Waals surface area contributed by atoms with Gasteiger partial charge in [-0.3, -0.25) is 5.01 Å². The molecule has 3 nitrogen and oxygen atoms in total. The molecule has 0 aliphatic carbocycles. The SMILES string of the molecule is CC1=C(CC2CCCO2)NN(c2ccccc2)C1. The molecule has 3 rings (SSSR count). The van der Waals surface area contributed by atoms with E-state index in [1.807, 2.05) is 6.07 Å². The first-order chi connectivity index (χ1) is 8.83. The van der Waals surface area contributed by atoms with Gasteiger partial charge in [-0.2, -0.15) is 0 Å². The van der Waals surface area contributed by atoms with Crippen LogP contribution in [-0.4, -0.2) is 19.3 Å². The topological polar surface area (TPSA) is 24.5 Å². The summed E-state index contributed by atoms with van der Waals surface area (Å²) in [4.78, 5) is 0. The standard InChI is InChI=1S/C15H20N2O/c1-12-11-17(13-6-3-2-4-7-13)16-15(12)10-14-8-5-9-18-14/h2-4,6-7,14,16H,5,8-11H2,1H3. The van der Waals surface area contributed by atoms with Gasteiger partial charge in [0.25, 0.3) is 0 Å². The van der Waals surface area contributed by atoms with Crippen molar-refractivity contribution in [3.8, 4) is 0 Å². The quantitative estimate of drug-likeness (QED) is 0.885. The molecule has 1 fully saturated rings. The smallest absolute Gasteiger partial charge is 0.0631 e. The lowest BCUT2D eigenvalue weighted by atomic mass is 10.1. The summed E-state index contributed by atoms with van der Waals surface area (Å²) in [6.07, 6.45) is 3.84. The molecule has 2 heterocycles. The maximum Gasteiger partial charge on any atom is 0.0631 e. The lowest BCUT2D eigenvalue weighted by Gasteiger charge is -2.21. The third-order valence-electron chi connectivity index (χ3n) is 3.70. The van der Waals surface area contributed by atoms with Crippen LogP contribution >= 0.6 is 0 Å². The van der Waals surface area contributed by atoms with Crippen LogP contribution in [0.15, 0.2) is 41.6 Å². The van der Waals surface area contributed by atoms with Gasteiger partial charge in [0.15, 0.2) is 0 Å². The molecule has 1 unspecified atom stereocenters. The minimum atomic E-state index is 0.415. The highest BCUT2D eigenvalue weighted by atomic mass is 16.5. The van der Waals surface area contributed by atoms with Gasteiger partial charge in [0.1, 0.15) is 0 Å². The number of anilines is 1. The molecule has 3 heteroatoms. The van der Waals surface area contributed by atoms with E-state index in [1.165, 1.54) is 29.8 Å². The number of nitrogens with zero attached hydrogens (tertiary/aromatic N) is 1. The Hall–Kier alpha value is -1.48. The Bertz CT molecular complexity index is 435. The van der Waals surface area contributed by atoms with Crippen molar-refractivity contribution in [2.75, 3.05) is 18.2 Å². The minimum absolute atomic E-state index is 0.415. The van der Waals surface area contributed by atoms with Crippen LogP contribution in [0.3, 0.4) is 0 Å². The van der Waals surface area contributed by atoms with Gasteiger partial charge in [0.05, 0.1) is 18.3 Å². The summed E-state index contributed by atoms with van der Waals surface area (Å²) in [5.74, 6) is 0. The molecular formula is C15H20N2O. The highest BCUT2D eigenvalue weighted by Gasteiger charge is 2.23. The van der Waals surface area contributed by atoms with Gasteiger partial charge in [0.2, 0.25) is 0 Å². The zero-order chi connectivity index (χ0) is 12.4. The van der Waals surface area contributed by atoms with E-state index < -0.39 is 0 Å². The van der Waals surface area contributed by atoms with E-state index in [9.17, 15) is 0 Å². The molecule has 1 N–H and O–H groups in total. The number of rotatable bonds is 3. The van der Waals surface area contributed by atoms with Crippen LogP contribution in [0.25, 0.3) is 0 Å². The highest BCUT2D eigenvalue weighted by molar-refractivity contribution is 5.49. The lowest BCUT2D eigenvalue weighted by molar-refractivity contribution is 0.110. The molecule has 96 valence electrons. The Morgan fingerprint density at radius 2 is 2.17 bits per heavy atom. The molecule has 0 radical (unpaired) electrons. The van der Waals surface area contributed by atoms with E-state index in [0.717, 1.165) is 19.6 Å². The molecule has 1 atom stereocenters. The van der Waals surface area contributed by atoms with Crippen molar-refractivity contribution < 1.29 is 4.74 Å². The molecule has 2 aliphatic heterocycles. The van der Waals surface area contributed by atoms with Crippen molar-refractivity contribution in [3.05, 3.63) is 41.6 Å². The molecular weight excluding hydrogens is 224 g/mol. The van der Waals surface area contributed by atoms with Gasteiger partial charge in [0, 0.05) is 18.7 Å². The Labute approximate surface area is 108 Å². The van der Waals surface area contributed by atoms with Crippen LogP contribution in [0.1, 0.15) is 26.2 Å². The number of hydrogen-bond donors (Lipinski definition) is 1. The summed E-state index contributed by atoms with van der Waals surface area (Å²) in [5, 5.41) is 2.21. The number of hydrogen-bond acceptors (Lipinski definition) is 3. The van der Waals surface area contributed by atoms with Gasteiger partial charge in [-0.15, -0.1) is 0 Å². The summed E-state index contributed by atoms with van der Waals surface area (Å²) in [6.45, 7) is 4.10. The summed E-state index contributed by atoms with van der Waals surface area (Å²) < 4.78 is 5.71. The molecule has 0 spiro atoms. The highest BCUT2D eigenvalue weighted by Crippen LogP contribution is 2.26. The van der Waals surface area contributed by atoms with Gasteiger partial charge in [-0.25, -0.2) is 0 Å². The average molecular weight is 244 g/mol. The van der Waals surface area contributed by atoms with Crippen LogP contribution in [0.4, 0.5) is 5.69 Å². The Balaban J connectivity index is 1.65. The second-order valence-electron chi connectivity index (χ2n) is 5.13. The fourth-order valence-electron chi connectivity index (χ4n) is 2.65. The second-order valence-corrected chi connectivity index (χ2v) is 5.13. The van der Waals surface area contributed by atoms with Crippen molar-refractivity contribution >= 4 is 5.69 Å². The predicted molar refractivity (Wildman–Crippen MR) is 73.2 cm³/mol. The molecule has 1 aromatic carbocycles. The Morgan fingerprint density at radius 1 is 1.33 bits per heavy atom. The van der Waals surface area contributed by atoms with Gasteiger partial charge in [-0.1, -0.05) is 18.2 Å². The van der Waals surface area contributed by atoms with Gasteiger partial charge in [-0.05, 0) is 37.5 Å². The third kappa shape index (κ3) is 2.36. The number of para-hydroxylation sites is 1. The largest absolute Gasteiger partial charge is 0.378 e. The maximum atomic E-state index is 5.71. The molecule has 18 heavy (non-hydrogen) atoms. The monoisotopic (exact) mass is 244 g/mol. The van der Waals surface area contributed by atoms with E-state index in [4.69, 9.17) is 4.74 Å². The van der Waals surface area contributed by atoms with Crippen LogP contribution in [0.5, 0.6) is 0 Å². The van der Waals surface area contributed by atoms with Crippen LogP contribution in [0.2, 0.25) is 0 Å². The second kappa shape index (κ2) is 5.02. The fraction of sp³-hybridized carbons (Fsp3) is 0.467. The number of benzene rings is 1. The number of nitrogens with one attached hydrogen (secondary N) is 1. The zero-order valence-electron chi connectivity index (χ0n) is 10.9. The lowest BCUT2D eigenvalue weighted by Crippen LogP contribution is -2.32. The summed E-state index contributed by atoms with van der Waals surface area (Å²) in [6, 6.07) is 10.5. The molecule has 0 bridgehead atoms. The van der Waals surface area contributed by atoms with E-state index in [1.54, 1.807) is 0 Å². The van der Waals surface area contributed by atoms with E-state index >= 15 is 0 Å². The first-order valence-corrected chi connectivity index (χ1v) is 6.72. The van der Waals surface area contributed by atoms with Crippen molar-refractivity contribution in [3.63, 3.8) is 0 Å². The normalized spacial score (nSPS) is 23.6. The molecule has 2 aliphatic rings. The fourth-order valence-corrected chi connectivity index (χ4v) is 2.65. The zero-order valence-corrected chi connectivity index (χ0v) is 10.9. The predicted octanol–water partition coefficient (Wildman–Crippen LogP) is 2.85. The molecule has 0 aromatic heterocycles. The summed E-state index contributed by atoms with van der Waals surface area (Å²) in [5.41, 5.74) is 7.50. The number of ether oxygens (including phenoxy) is 1. The van der Waals surface area contributed by atoms with Crippen LogP contribution in [-0.2, 0) is 4.74 Å². The van der Waals surface area contributed by atoms with E-state index in [-0.39, 0.29) is 0 Å². The van der Waals surface area contributed by atoms with E-state index in [2.05, 4.69) is 41.6 Å². The minimum Gasteiger partial charge on any atom is -0.378 e. The van der Waals surface area contributed by atoms with Crippen molar-refractivity contribution in [1.82, 2.24) is 5.43 Å². The first-order valence-electron chi connectivity index (χ1n) is 6.72. The summed E-state index contributed by atoms with van der Waals surface area (Å²) >= 11 is 0. The first kappa shape index (κ1) is 11.6. The van der Waals surface area contributed by atoms with Crippen molar-refractivity contribution in [2.45, 2.75) is 32.3 Å². The van der Waals surface area contributed by atoms with Crippen molar-refractivity contribution in [1.29, 1.82) is 0 Å². The molecule has 0 amide bonds. The Kier molecular flexibility index (Phi) is 3.24. The van der Waals surface area contributed by atoms with Gasteiger partial charge >= 0.3 is 0 Å².